The van der Waals surface area contributed by atoms with Gasteiger partial charge >= 0.3 is 0 Å². The van der Waals surface area contributed by atoms with E-state index in [0.29, 0.717) is 0 Å². The second kappa shape index (κ2) is 3.21. The van der Waals surface area contributed by atoms with Gasteiger partial charge in [-0.25, -0.2) is 0 Å². The monoisotopic (exact) mass is 131 g/mol. The van der Waals surface area contributed by atoms with Gasteiger partial charge in [0, 0.05) is 0 Å². The maximum Gasteiger partial charge on any atom is -0.0228 e. The van der Waals surface area contributed by atoms with E-state index in [0.717, 1.165) is 5.57 Å². The van der Waals surface area contributed by atoms with Crippen LogP contribution < -0.4 is 0 Å². The Balaban J connectivity index is 2.96. The minimum Gasteiger partial charge on any atom is -0.0838 e. The molecule has 0 spiro atoms. The highest BCUT2D eigenvalue weighted by molar-refractivity contribution is 5.67. The molecule has 0 nitrogen and oxygen atoms in total. The van der Waals surface area contributed by atoms with Crippen molar-refractivity contribution in [1.82, 2.24) is 0 Å². The lowest BCUT2D eigenvalue weighted by molar-refractivity contribution is 1.60. The summed E-state index contributed by atoms with van der Waals surface area (Å²) in [5.74, 6) is 0. The number of benzene rings is 1. The van der Waals surface area contributed by atoms with E-state index in [-0.39, 0.29) is 0 Å². The van der Waals surface area contributed by atoms with Crippen molar-refractivity contribution in [1.29, 1.82) is 0 Å². The molecule has 1 aromatic rings. The van der Waals surface area contributed by atoms with Crippen LogP contribution in [0.4, 0.5) is 0 Å². The first-order chi connectivity index (χ1) is 4.84. The molecule has 0 heterocycles. The van der Waals surface area contributed by atoms with Gasteiger partial charge in [0.2, 0.25) is 0 Å². The van der Waals surface area contributed by atoms with E-state index in [1.807, 2.05) is 31.2 Å². The Hall–Kier alpha value is -1.04. The van der Waals surface area contributed by atoms with Crippen LogP contribution in [0, 0.1) is 6.92 Å². The minimum absolute atomic E-state index is 1.08. The summed E-state index contributed by atoms with van der Waals surface area (Å²) in [5.41, 5.74) is 2.28. The van der Waals surface area contributed by atoms with Crippen LogP contribution in [0.5, 0.6) is 0 Å². The molecule has 0 aromatic heterocycles. The molecular weight excluding hydrogens is 120 g/mol. The summed E-state index contributed by atoms with van der Waals surface area (Å²) >= 11 is 0. The quantitative estimate of drug-likeness (QED) is 0.549. The van der Waals surface area contributed by atoms with Gasteiger partial charge in [-0.15, -0.1) is 0 Å². The average molecular weight is 131 g/mol. The zero-order valence-electron chi connectivity index (χ0n) is 6.17. The fourth-order valence-corrected chi connectivity index (χ4v) is 0.819. The Labute approximate surface area is 62.2 Å². The first-order valence-corrected chi connectivity index (χ1v) is 3.38. The molecule has 0 unspecified atom stereocenters. The van der Waals surface area contributed by atoms with Crippen molar-refractivity contribution in [2.75, 3.05) is 0 Å². The summed E-state index contributed by atoms with van der Waals surface area (Å²) in [5, 5.41) is 0. The van der Waals surface area contributed by atoms with Crippen LogP contribution in [-0.2, 0) is 0 Å². The highest BCUT2D eigenvalue weighted by Gasteiger charge is 1.88. The van der Waals surface area contributed by atoms with Crippen molar-refractivity contribution in [2.24, 2.45) is 0 Å². The maximum atomic E-state index is 3.89. The molecule has 0 aliphatic carbocycles. The first-order valence-electron chi connectivity index (χ1n) is 3.38. The number of hydrogen-bond donors (Lipinski definition) is 0. The molecule has 1 radical (unpaired) electrons. The summed E-state index contributed by atoms with van der Waals surface area (Å²) in [6.45, 7) is 5.88. The van der Waals surface area contributed by atoms with Gasteiger partial charge in [0.05, 0.1) is 0 Å². The molecule has 0 atom stereocenters. The van der Waals surface area contributed by atoms with E-state index in [1.54, 1.807) is 0 Å². The molecule has 0 bridgehead atoms. The molecule has 0 aliphatic heterocycles. The van der Waals surface area contributed by atoms with Gasteiger partial charge < -0.3 is 0 Å². The van der Waals surface area contributed by atoms with Crippen LogP contribution >= 0.6 is 0 Å². The highest BCUT2D eigenvalue weighted by atomic mass is 13.9. The number of rotatable bonds is 1. The average Bonchev–Trinajstić information content (AvgIpc) is 2.05. The Kier molecular flexibility index (Phi) is 2.27. The Bertz CT molecular complexity index is 219. The predicted octanol–water partition coefficient (Wildman–Crippen LogP) is 2.92. The molecule has 0 N–H and O–H groups in total. The Morgan fingerprint density at radius 2 is 1.90 bits per heavy atom. The van der Waals surface area contributed by atoms with E-state index in [1.165, 1.54) is 5.56 Å². The van der Waals surface area contributed by atoms with Gasteiger partial charge in [0.1, 0.15) is 0 Å². The van der Waals surface area contributed by atoms with Gasteiger partial charge in [-0.1, -0.05) is 36.4 Å². The molecule has 51 valence electrons. The normalized spacial score (nSPS) is 11.6. The predicted molar refractivity (Wildman–Crippen MR) is 45.5 cm³/mol. The molecular formula is C10H11. The second-order valence-corrected chi connectivity index (χ2v) is 2.18. The van der Waals surface area contributed by atoms with Crippen molar-refractivity contribution < 1.29 is 0 Å². The summed E-state index contributed by atoms with van der Waals surface area (Å²) < 4.78 is 0. The molecule has 0 saturated carbocycles. The Morgan fingerprint density at radius 3 is 2.40 bits per heavy atom. The molecule has 0 saturated heterocycles. The topological polar surface area (TPSA) is 0 Å². The van der Waals surface area contributed by atoms with Crippen LogP contribution in [0.2, 0.25) is 0 Å². The number of allylic oxidation sites excluding steroid dienone is 2. The van der Waals surface area contributed by atoms with Crippen LogP contribution in [0.25, 0.3) is 5.57 Å². The molecule has 1 rings (SSSR count). The molecule has 10 heavy (non-hydrogen) atoms. The smallest absolute Gasteiger partial charge is 0.0228 e. The number of hydrogen-bond acceptors (Lipinski definition) is 0. The third-order valence-electron chi connectivity index (χ3n) is 1.49. The summed E-state index contributed by atoms with van der Waals surface area (Å²) in [6, 6.07) is 10.2. The molecule has 1 aromatic carbocycles. The highest BCUT2D eigenvalue weighted by Crippen LogP contribution is 2.10. The zero-order valence-corrected chi connectivity index (χ0v) is 6.17. The van der Waals surface area contributed by atoms with Crippen molar-refractivity contribution in [3.05, 3.63) is 48.9 Å². The van der Waals surface area contributed by atoms with E-state index in [9.17, 15) is 0 Å². The van der Waals surface area contributed by atoms with Crippen molar-refractivity contribution in [3.63, 3.8) is 0 Å². The lowest BCUT2D eigenvalue weighted by atomic mass is 10.1. The zero-order chi connectivity index (χ0) is 7.40. The van der Waals surface area contributed by atoms with Gasteiger partial charge in [-0.2, -0.15) is 0 Å². The largest absolute Gasteiger partial charge is 0.0838 e. The van der Waals surface area contributed by atoms with Crippen molar-refractivity contribution in [2.45, 2.75) is 6.92 Å². The van der Waals surface area contributed by atoms with E-state index in [2.05, 4.69) is 19.1 Å². The standard InChI is InChI=1S/C10H11/c1-3-9(2)10-7-5-4-6-8-10/h3-8H,2H2,1H3/b9-3-. The third-order valence-corrected chi connectivity index (χ3v) is 1.49. The van der Waals surface area contributed by atoms with Crippen molar-refractivity contribution in [3.8, 4) is 0 Å². The third kappa shape index (κ3) is 1.47. The van der Waals surface area contributed by atoms with Crippen LogP contribution in [-0.4, -0.2) is 0 Å². The van der Waals surface area contributed by atoms with Gasteiger partial charge in [-0.05, 0) is 25.0 Å². The van der Waals surface area contributed by atoms with Crippen LogP contribution in [0.15, 0.2) is 36.4 Å². The summed E-state index contributed by atoms with van der Waals surface area (Å²) in [4.78, 5) is 0. The van der Waals surface area contributed by atoms with Gasteiger partial charge in [0.25, 0.3) is 0 Å². The maximum absolute atomic E-state index is 3.89. The summed E-state index contributed by atoms with van der Waals surface area (Å²) in [7, 11) is 0. The van der Waals surface area contributed by atoms with E-state index >= 15 is 0 Å². The SMILES string of the molecule is [CH2]/C(=C/C)c1ccccc1. The molecule has 0 fully saturated rings. The fraction of sp³-hybridized carbons (Fsp3) is 0.100. The lowest BCUT2D eigenvalue weighted by Crippen LogP contribution is -1.75. The van der Waals surface area contributed by atoms with Gasteiger partial charge in [0.15, 0.2) is 0 Å². The fourth-order valence-electron chi connectivity index (χ4n) is 0.819. The summed E-state index contributed by atoms with van der Waals surface area (Å²) in [6.07, 6.45) is 2.01. The molecule has 0 aliphatic rings. The van der Waals surface area contributed by atoms with E-state index in [4.69, 9.17) is 0 Å². The first kappa shape index (κ1) is 7.07. The van der Waals surface area contributed by atoms with Gasteiger partial charge in [-0.3, -0.25) is 0 Å². The van der Waals surface area contributed by atoms with Crippen LogP contribution in [0.1, 0.15) is 12.5 Å². The minimum atomic E-state index is 1.08. The molecule has 0 heteroatoms. The lowest BCUT2D eigenvalue weighted by Gasteiger charge is -1.97. The van der Waals surface area contributed by atoms with E-state index < -0.39 is 0 Å². The molecule has 0 amide bonds. The van der Waals surface area contributed by atoms with Crippen molar-refractivity contribution >= 4 is 5.57 Å². The second-order valence-electron chi connectivity index (χ2n) is 2.18. The van der Waals surface area contributed by atoms with Crippen LogP contribution in [0.3, 0.4) is 0 Å². The Morgan fingerprint density at radius 1 is 1.30 bits per heavy atom.